The van der Waals surface area contributed by atoms with Gasteiger partial charge in [0.05, 0.1) is 37.6 Å². The first kappa shape index (κ1) is 19.4. The molecule has 2 aromatic rings. The summed E-state index contributed by atoms with van der Waals surface area (Å²) in [7, 11) is 3.48. The topological polar surface area (TPSA) is 86.7 Å². The molecule has 0 fully saturated rings. The molecule has 1 atom stereocenters. The van der Waals surface area contributed by atoms with Gasteiger partial charge < -0.3 is 20.5 Å². The molecule has 3 rings (SSSR count). The highest BCUT2D eigenvalue weighted by Crippen LogP contribution is 2.31. The van der Waals surface area contributed by atoms with Crippen molar-refractivity contribution in [1.82, 2.24) is 15.1 Å². The van der Waals surface area contributed by atoms with Gasteiger partial charge in [0.2, 0.25) is 5.88 Å². The van der Waals surface area contributed by atoms with E-state index in [1.165, 1.54) is 0 Å². The Balaban J connectivity index is 0.00000225. The van der Waals surface area contributed by atoms with Crippen molar-refractivity contribution >= 4 is 29.9 Å². The fourth-order valence-electron chi connectivity index (χ4n) is 3.00. The van der Waals surface area contributed by atoms with Crippen molar-refractivity contribution in [3.05, 3.63) is 41.1 Å². The molecule has 0 saturated carbocycles. The van der Waals surface area contributed by atoms with Crippen molar-refractivity contribution in [2.45, 2.75) is 25.9 Å². The van der Waals surface area contributed by atoms with Crippen LogP contribution in [0.3, 0.4) is 0 Å². The number of hydrogen-bond donors (Lipinski definition) is 2. The second-order valence-corrected chi connectivity index (χ2v) is 5.77. The molecule has 1 aromatic carbocycles. The van der Waals surface area contributed by atoms with Crippen molar-refractivity contribution < 1.29 is 9.47 Å². The molecular weight excluding hydrogens is 433 g/mol. The average molecular weight is 457 g/mol. The number of rotatable bonds is 4. The van der Waals surface area contributed by atoms with Crippen LogP contribution in [-0.4, -0.2) is 29.5 Å². The summed E-state index contributed by atoms with van der Waals surface area (Å²) < 4.78 is 12.8. The van der Waals surface area contributed by atoms with Gasteiger partial charge in [-0.3, -0.25) is 0 Å². The summed E-state index contributed by atoms with van der Waals surface area (Å²) in [5.74, 6) is 2.02. The highest BCUT2D eigenvalue weighted by atomic mass is 127. The Morgan fingerprint density at radius 3 is 3.00 bits per heavy atom. The number of aliphatic imine (C=N–C) groups is 1. The predicted octanol–water partition coefficient (Wildman–Crippen LogP) is 2.28. The predicted molar refractivity (Wildman–Crippen MR) is 108 cm³/mol. The lowest BCUT2D eigenvalue weighted by molar-refractivity contribution is 0.262. The molecule has 1 aliphatic rings. The van der Waals surface area contributed by atoms with E-state index >= 15 is 0 Å². The third-order valence-electron chi connectivity index (χ3n) is 4.17. The fourth-order valence-corrected chi connectivity index (χ4v) is 3.00. The number of nitrogens with one attached hydrogen (secondary N) is 1. The molecule has 1 aliphatic heterocycles. The number of halogens is 1. The van der Waals surface area contributed by atoms with E-state index in [2.05, 4.69) is 15.4 Å². The van der Waals surface area contributed by atoms with Crippen molar-refractivity contribution in [1.29, 1.82) is 0 Å². The molecule has 7 nitrogen and oxygen atoms in total. The zero-order valence-electron chi connectivity index (χ0n) is 14.7. The smallest absolute Gasteiger partial charge is 0.216 e. The van der Waals surface area contributed by atoms with E-state index in [0.29, 0.717) is 25.0 Å². The third kappa shape index (κ3) is 4.17. The number of ether oxygens (including phenoxy) is 2. The number of fused-ring (bicyclic) bond motifs is 1. The summed E-state index contributed by atoms with van der Waals surface area (Å²) >= 11 is 0. The Morgan fingerprint density at radius 2 is 2.24 bits per heavy atom. The number of nitrogens with two attached hydrogens (primary N) is 1. The van der Waals surface area contributed by atoms with Gasteiger partial charge in [-0.1, -0.05) is 18.2 Å². The van der Waals surface area contributed by atoms with Gasteiger partial charge in [-0.25, -0.2) is 9.67 Å². The fraction of sp³-hybridized carbons (Fsp3) is 0.412. The largest absolute Gasteiger partial charge is 0.493 e. The van der Waals surface area contributed by atoms with E-state index in [9.17, 15) is 0 Å². The van der Waals surface area contributed by atoms with Gasteiger partial charge in [-0.15, -0.1) is 24.0 Å². The molecule has 1 aromatic heterocycles. The van der Waals surface area contributed by atoms with Crippen LogP contribution in [0.25, 0.3) is 0 Å². The quantitative estimate of drug-likeness (QED) is 0.418. The summed E-state index contributed by atoms with van der Waals surface area (Å²) in [6.45, 7) is 3.02. The minimum Gasteiger partial charge on any atom is -0.493 e. The van der Waals surface area contributed by atoms with Crippen molar-refractivity contribution in [2.75, 3.05) is 13.7 Å². The third-order valence-corrected chi connectivity index (χ3v) is 4.17. The van der Waals surface area contributed by atoms with Crippen LogP contribution in [-0.2, 0) is 13.6 Å². The number of guanidine groups is 1. The average Bonchev–Trinajstić information content (AvgIpc) is 2.86. The summed E-state index contributed by atoms with van der Waals surface area (Å²) in [6.07, 6.45) is 0.850. The molecular formula is C17H24IN5O2. The number of hydrogen-bond acceptors (Lipinski definition) is 4. The lowest BCUT2D eigenvalue weighted by Gasteiger charge is -2.26. The Kier molecular flexibility index (Phi) is 6.51. The molecule has 0 radical (unpaired) electrons. The van der Waals surface area contributed by atoms with Gasteiger partial charge in [0.1, 0.15) is 5.75 Å². The molecule has 0 aliphatic carbocycles. The van der Waals surface area contributed by atoms with Crippen LogP contribution in [0.4, 0.5) is 0 Å². The molecule has 0 bridgehead atoms. The van der Waals surface area contributed by atoms with E-state index in [-0.39, 0.29) is 30.0 Å². The van der Waals surface area contributed by atoms with E-state index in [4.69, 9.17) is 15.2 Å². The van der Waals surface area contributed by atoms with E-state index < -0.39 is 0 Å². The molecule has 1 unspecified atom stereocenters. The highest BCUT2D eigenvalue weighted by molar-refractivity contribution is 14.0. The highest BCUT2D eigenvalue weighted by Gasteiger charge is 2.21. The Bertz CT molecular complexity index is 759. The first-order chi connectivity index (χ1) is 11.6. The van der Waals surface area contributed by atoms with Crippen LogP contribution in [0.1, 0.15) is 29.3 Å². The lowest BCUT2D eigenvalue weighted by atomic mass is 10.0. The van der Waals surface area contributed by atoms with Crippen LogP contribution in [0, 0.1) is 6.92 Å². The number of benzene rings is 1. The number of aromatic nitrogens is 2. The Morgan fingerprint density at radius 1 is 1.48 bits per heavy atom. The van der Waals surface area contributed by atoms with E-state index in [1.54, 1.807) is 11.8 Å². The molecule has 136 valence electrons. The molecule has 2 heterocycles. The first-order valence-corrected chi connectivity index (χ1v) is 7.94. The van der Waals surface area contributed by atoms with Gasteiger partial charge in [0, 0.05) is 19.0 Å². The maximum absolute atomic E-state index is 6.09. The molecule has 3 N–H and O–H groups in total. The van der Waals surface area contributed by atoms with Crippen molar-refractivity contribution in [3.8, 4) is 11.6 Å². The molecule has 25 heavy (non-hydrogen) atoms. The lowest BCUT2D eigenvalue weighted by Crippen LogP contribution is -2.37. The summed E-state index contributed by atoms with van der Waals surface area (Å²) in [4.78, 5) is 4.45. The van der Waals surface area contributed by atoms with Crippen molar-refractivity contribution in [3.63, 3.8) is 0 Å². The minimum atomic E-state index is 0. The van der Waals surface area contributed by atoms with Gasteiger partial charge in [-0.2, -0.15) is 5.10 Å². The Hall–Kier alpha value is -1.97. The summed E-state index contributed by atoms with van der Waals surface area (Å²) in [6, 6.07) is 8.10. The molecule has 0 spiro atoms. The number of para-hydroxylation sites is 1. The zero-order chi connectivity index (χ0) is 17.1. The van der Waals surface area contributed by atoms with Crippen LogP contribution < -0.4 is 20.5 Å². The zero-order valence-corrected chi connectivity index (χ0v) is 17.0. The standard InChI is InChI=1S/C17H23N5O2.HI/c1-11-13(16(23-3)22(2)21-11)10-19-17(18)20-14-8-9-24-15-7-5-4-6-12(14)15;/h4-7,14H,8-10H2,1-3H3,(H3,18,19,20);1H. The van der Waals surface area contributed by atoms with Crippen LogP contribution in [0.2, 0.25) is 0 Å². The monoisotopic (exact) mass is 457 g/mol. The summed E-state index contributed by atoms with van der Waals surface area (Å²) in [5.41, 5.74) is 9.03. The van der Waals surface area contributed by atoms with Crippen LogP contribution in [0.5, 0.6) is 11.6 Å². The maximum Gasteiger partial charge on any atom is 0.216 e. The number of methoxy groups -OCH3 is 1. The molecule has 0 amide bonds. The second kappa shape index (κ2) is 8.41. The second-order valence-electron chi connectivity index (χ2n) is 5.77. The molecule has 0 saturated heterocycles. The number of nitrogens with zero attached hydrogens (tertiary/aromatic N) is 3. The van der Waals surface area contributed by atoms with E-state index in [0.717, 1.165) is 29.0 Å². The summed E-state index contributed by atoms with van der Waals surface area (Å²) in [5, 5.41) is 7.64. The van der Waals surface area contributed by atoms with Crippen LogP contribution >= 0.6 is 24.0 Å². The van der Waals surface area contributed by atoms with Crippen LogP contribution in [0.15, 0.2) is 29.3 Å². The SMILES string of the molecule is COc1c(CN=C(N)NC2CCOc3ccccc32)c(C)nn1C.I. The normalized spacial score (nSPS) is 16.4. The van der Waals surface area contributed by atoms with Gasteiger partial charge in [-0.05, 0) is 13.0 Å². The number of aryl methyl sites for hydroxylation is 2. The maximum atomic E-state index is 6.09. The Labute approximate surface area is 164 Å². The minimum absolute atomic E-state index is 0. The van der Waals surface area contributed by atoms with Gasteiger partial charge in [0.15, 0.2) is 5.96 Å². The molecule has 8 heteroatoms. The van der Waals surface area contributed by atoms with Crippen molar-refractivity contribution in [2.24, 2.45) is 17.8 Å². The van der Waals surface area contributed by atoms with E-state index in [1.807, 2.05) is 38.2 Å². The van der Waals surface area contributed by atoms with Gasteiger partial charge >= 0.3 is 0 Å². The van der Waals surface area contributed by atoms with Gasteiger partial charge in [0.25, 0.3) is 0 Å². The first-order valence-electron chi connectivity index (χ1n) is 7.94.